The van der Waals surface area contributed by atoms with E-state index in [1.165, 1.54) is 0 Å². The molecular formula is C14H25N3O2. The first kappa shape index (κ1) is 15.9. The highest BCUT2D eigenvalue weighted by Crippen LogP contribution is 2.34. The number of hydrazine groups is 1. The van der Waals surface area contributed by atoms with Gasteiger partial charge in [-0.3, -0.25) is 10.8 Å². The van der Waals surface area contributed by atoms with Crippen molar-refractivity contribution in [1.29, 1.82) is 0 Å². The number of nitrogens with two attached hydrogens (primary N) is 1. The summed E-state index contributed by atoms with van der Waals surface area (Å²) in [4.78, 5) is 4.39. The molecule has 1 aromatic heterocycles. The van der Waals surface area contributed by atoms with Gasteiger partial charge in [-0.05, 0) is 24.5 Å². The van der Waals surface area contributed by atoms with E-state index in [4.69, 9.17) is 15.3 Å². The highest BCUT2D eigenvalue weighted by atomic mass is 16.5. The molecule has 0 saturated heterocycles. The zero-order valence-corrected chi connectivity index (χ0v) is 12.4. The minimum Gasteiger partial charge on any atom is -0.495 e. The Morgan fingerprint density at radius 3 is 2.58 bits per heavy atom. The molecule has 5 nitrogen and oxygen atoms in total. The maximum absolute atomic E-state index is 5.88. The number of nitrogens with one attached hydrogen (secondary N) is 1. The van der Waals surface area contributed by atoms with Crippen molar-refractivity contribution in [2.24, 2.45) is 11.3 Å². The zero-order chi connectivity index (χ0) is 14.5. The molecule has 0 saturated carbocycles. The molecule has 0 bridgehead atoms. The normalized spacial score (nSPS) is 15.1. The third-order valence-corrected chi connectivity index (χ3v) is 3.00. The molecule has 1 rings (SSSR count). The monoisotopic (exact) mass is 267 g/mol. The third kappa shape index (κ3) is 3.89. The Morgan fingerprint density at radius 2 is 2.11 bits per heavy atom. The highest BCUT2D eigenvalue weighted by Gasteiger charge is 2.35. The van der Waals surface area contributed by atoms with Gasteiger partial charge >= 0.3 is 0 Å². The fraction of sp³-hybridized carbons (Fsp3) is 0.643. The second-order valence-electron chi connectivity index (χ2n) is 5.48. The van der Waals surface area contributed by atoms with Crippen LogP contribution >= 0.6 is 0 Å². The first-order valence-corrected chi connectivity index (χ1v) is 6.52. The molecule has 0 aliphatic carbocycles. The van der Waals surface area contributed by atoms with E-state index in [0.717, 1.165) is 5.69 Å². The number of aromatic nitrogens is 1. The number of hydrogen-bond donors (Lipinski definition) is 2. The summed E-state index contributed by atoms with van der Waals surface area (Å²) in [5.41, 5.74) is 3.51. The molecule has 0 fully saturated rings. The Hall–Kier alpha value is -1.17. The Kier molecular flexibility index (Phi) is 5.72. The molecule has 3 N–H and O–H groups in total. The van der Waals surface area contributed by atoms with Gasteiger partial charge in [0.1, 0.15) is 11.4 Å². The lowest BCUT2D eigenvalue weighted by molar-refractivity contribution is -0.0379. The molecule has 19 heavy (non-hydrogen) atoms. The molecule has 0 amide bonds. The van der Waals surface area contributed by atoms with E-state index in [1.807, 2.05) is 19.1 Å². The summed E-state index contributed by atoms with van der Waals surface area (Å²) in [6.45, 7) is 8.95. The Labute approximate surface area is 115 Å². The predicted molar refractivity (Wildman–Crippen MR) is 75.7 cm³/mol. The van der Waals surface area contributed by atoms with Crippen molar-refractivity contribution in [3.05, 3.63) is 24.0 Å². The van der Waals surface area contributed by atoms with E-state index >= 15 is 0 Å². The van der Waals surface area contributed by atoms with Gasteiger partial charge < -0.3 is 9.47 Å². The first-order chi connectivity index (χ1) is 8.95. The molecule has 108 valence electrons. The van der Waals surface area contributed by atoms with Crippen molar-refractivity contribution in [2.45, 2.75) is 39.8 Å². The third-order valence-electron chi connectivity index (χ3n) is 3.00. The molecule has 0 spiro atoms. The number of pyridine rings is 1. The summed E-state index contributed by atoms with van der Waals surface area (Å²) in [7, 11) is 1.63. The fourth-order valence-electron chi connectivity index (χ4n) is 2.14. The van der Waals surface area contributed by atoms with E-state index in [9.17, 15) is 0 Å². The fourth-order valence-corrected chi connectivity index (χ4v) is 2.14. The van der Waals surface area contributed by atoms with Crippen molar-refractivity contribution in [3.63, 3.8) is 0 Å². The van der Waals surface area contributed by atoms with Gasteiger partial charge in [-0.1, -0.05) is 20.8 Å². The molecule has 0 aliphatic heterocycles. The van der Waals surface area contributed by atoms with Crippen LogP contribution in [0.25, 0.3) is 0 Å². The number of methoxy groups -OCH3 is 1. The number of nitrogens with zero attached hydrogens (tertiary/aromatic N) is 1. The van der Waals surface area contributed by atoms with Crippen molar-refractivity contribution < 1.29 is 9.47 Å². The molecular weight excluding hydrogens is 242 g/mol. The number of ether oxygens (including phenoxy) is 2. The van der Waals surface area contributed by atoms with Crippen molar-refractivity contribution in [2.75, 3.05) is 13.7 Å². The molecule has 1 heterocycles. The summed E-state index contributed by atoms with van der Waals surface area (Å²) in [6, 6.07) is 3.48. The molecule has 2 unspecified atom stereocenters. The topological polar surface area (TPSA) is 69.4 Å². The second kappa shape index (κ2) is 6.84. The SMILES string of the molecule is CCOC(C(NN)c1ncccc1OC)C(C)(C)C. The Balaban J connectivity index is 3.16. The molecule has 0 aliphatic rings. The van der Waals surface area contributed by atoms with Gasteiger partial charge in [0.25, 0.3) is 0 Å². The summed E-state index contributed by atoms with van der Waals surface area (Å²) in [5.74, 6) is 6.44. The van der Waals surface area contributed by atoms with Crippen molar-refractivity contribution >= 4 is 0 Å². The van der Waals surface area contributed by atoms with Gasteiger partial charge in [-0.2, -0.15) is 0 Å². The molecule has 1 aromatic rings. The van der Waals surface area contributed by atoms with Crippen LogP contribution in [0.5, 0.6) is 5.75 Å². The molecule has 0 radical (unpaired) electrons. The van der Waals surface area contributed by atoms with Gasteiger partial charge in [0.2, 0.25) is 0 Å². The molecule has 0 aromatic carbocycles. The second-order valence-corrected chi connectivity index (χ2v) is 5.48. The Bertz CT molecular complexity index is 391. The largest absolute Gasteiger partial charge is 0.495 e. The summed E-state index contributed by atoms with van der Waals surface area (Å²) < 4.78 is 11.2. The minimum absolute atomic E-state index is 0.0738. The summed E-state index contributed by atoms with van der Waals surface area (Å²) >= 11 is 0. The minimum atomic E-state index is -0.226. The summed E-state index contributed by atoms with van der Waals surface area (Å²) in [6.07, 6.45) is 1.62. The molecule has 5 heteroatoms. The van der Waals surface area contributed by atoms with Gasteiger partial charge in [-0.15, -0.1) is 0 Å². The van der Waals surface area contributed by atoms with Gasteiger partial charge in [0.05, 0.1) is 19.3 Å². The number of rotatable bonds is 6. The average Bonchev–Trinajstić information content (AvgIpc) is 2.38. The van der Waals surface area contributed by atoms with Crippen molar-refractivity contribution in [1.82, 2.24) is 10.4 Å². The number of hydrogen-bond acceptors (Lipinski definition) is 5. The maximum Gasteiger partial charge on any atom is 0.142 e. The van der Waals surface area contributed by atoms with Crippen LogP contribution in [-0.4, -0.2) is 24.8 Å². The lowest BCUT2D eigenvalue weighted by atomic mass is 9.83. The quantitative estimate of drug-likeness (QED) is 0.610. The first-order valence-electron chi connectivity index (χ1n) is 6.52. The van der Waals surface area contributed by atoms with Crippen LogP contribution in [0.3, 0.4) is 0 Å². The van der Waals surface area contributed by atoms with E-state index < -0.39 is 0 Å². The van der Waals surface area contributed by atoms with Crippen LogP contribution in [0.15, 0.2) is 18.3 Å². The van der Waals surface area contributed by atoms with Gasteiger partial charge in [-0.25, -0.2) is 5.43 Å². The van der Waals surface area contributed by atoms with Crippen LogP contribution in [0.2, 0.25) is 0 Å². The van der Waals surface area contributed by atoms with Crippen LogP contribution in [0, 0.1) is 5.41 Å². The average molecular weight is 267 g/mol. The predicted octanol–water partition coefficient (Wildman–Crippen LogP) is 2.05. The maximum atomic E-state index is 5.88. The van der Waals surface area contributed by atoms with Crippen molar-refractivity contribution in [3.8, 4) is 5.75 Å². The smallest absolute Gasteiger partial charge is 0.142 e. The zero-order valence-electron chi connectivity index (χ0n) is 12.4. The van der Waals surface area contributed by atoms with E-state index in [1.54, 1.807) is 13.3 Å². The van der Waals surface area contributed by atoms with E-state index in [2.05, 4.69) is 31.2 Å². The van der Waals surface area contributed by atoms with Gasteiger partial charge in [0, 0.05) is 12.8 Å². The van der Waals surface area contributed by atoms with Crippen LogP contribution in [0.1, 0.15) is 39.4 Å². The lowest BCUT2D eigenvalue weighted by Crippen LogP contribution is -2.45. The summed E-state index contributed by atoms with van der Waals surface area (Å²) in [5, 5.41) is 0. The highest BCUT2D eigenvalue weighted by molar-refractivity contribution is 5.30. The van der Waals surface area contributed by atoms with Crippen LogP contribution in [0.4, 0.5) is 0 Å². The van der Waals surface area contributed by atoms with Gasteiger partial charge in [0.15, 0.2) is 0 Å². The van der Waals surface area contributed by atoms with Crippen LogP contribution < -0.4 is 16.0 Å². The lowest BCUT2D eigenvalue weighted by Gasteiger charge is -2.36. The van der Waals surface area contributed by atoms with E-state index in [0.29, 0.717) is 12.4 Å². The molecule has 2 atom stereocenters. The standard InChI is InChI=1S/C14H25N3O2/c1-6-19-13(14(2,3)4)12(17-15)11-10(18-5)8-7-9-16-11/h7-9,12-13,17H,6,15H2,1-5H3. The Morgan fingerprint density at radius 1 is 1.42 bits per heavy atom. The van der Waals surface area contributed by atoms with E-state index in [-0.39, 0.29) is 17.6 Å². The van der Waals surface area contributed by atoms with Crippen LogP contribution in [-0.2, 0) is 4.74 Å².